The van der Waals surface area contributed by atoms with Gasteiger partial charge in [0.15, 0.2) is 5.79 Å². The predicted octanol–water partition coefficient (Wildman–Crippen LogP) is 3.69. The number of rotatable bonds is 6. The van der Waals surface area contributed by atoms with E-state index in [1.807, 2.05) is 24.3 Å². The average Bonchev–Trinajstić information content (AvgIpc) is 2.47. The van der Waals surface area contributed by atoms with Gasteiger partial charge in [0.2, 0.25) is 0 Å². The number of halogens is 1. The second-order valence-electron chi connectivity index (χ2n) is 4.62. The molecule has 0 atom stereocenters. The van der Waals surface area contributed by atoms with Crippen molar-refractivity contribution in [2.45, 2.75) is 32.0 Å². The maximum atomic E-state index is 5.89. The van der Waals surface area contributed by atoms with Gasteiger partial charge in [-0.25, -0.2) is 0 Å². The molecule has 1 heterocycles. The van der Waals surface area contributed by atoms with Gasteiger partial charge in [0, 0.05) is 17.9 Å². The van der Waals surface area contributed by atoms with E-state index in [2.05, 4.69) is 6.92 Å². The molecule has 0 spiro atoms. The molecular weight excluding hydrogens is 264 g/mol. The molecule has 1 aliphatic heterocycles. The molecule has 0 aliphatic carbocycles. The van der Waals surface area contributed by atoms with Gasteiger partial charge in [0.1, 0.15) is 5.75 Å². The Bertz CT molecular complexity index is 366. The van der Waals surface area contributed by atoms with Crippen molar-refractivity contribution in [1.29, 1.82) is 0 Å². The van der Waals surface area contributed by atoms with Gasteiger partial charge < -0.3 is 14.2 Å². The van der Waals surface area contributed by atoms with Crippen LogP contribution in [0.5, 0.6) is 5.75 Å². The largest absolute Gasteiger partial charge is 0.494 e. The van der Waals surface area contributed by atoms with Gasteiger partial charge in [0.25, 0.3) is 0 Å². The second-order valence-corrected chi connectivity index (χ2v) is 4.99. The number of ether oxygens (including phenoxy) is 3. The molecule has 4 heteroatoms. The second kappa shape index (κ2) is 7.13. The molecule has 0 aromatic heterocycles. The summed E-state index contributed by atoms with van der Waals surface area (Å²) in [6.07, 6.45) is 2.59. The predicted molar refractivity (Wildman–Crippen MR) is 75.8 cm³/mol. The van der Waals surface area contributed by atoms with Crippen LogP contribution < -0.4 is 4.74 Å². The van der Waals surface area contributed by atoms with Crippen LogP contribution in [0.2, 0.25) is 0 Å². The van der Waals surface area contributed by atoms with Crippen LogP contribution in [0.15, 0.2) is 24.3 Å². The molecule has 106 valence electrons. The molecule has 2 rings (SSSR count). The minimum absolute atomic E-state index is 0.508. The molecule has 19 heavy (non-hydrogen) atoms. The van der Waals surface area contributed by atoms with Crippen LogP contribution in [-0.2, 0) is 15.3 Å². The van der Waals surface area contributed by atoms with Crippen LogP contribution in [0.4, 0.5) is 0 Å². The minimum Gasteiger partial charge on any atom is -0.494 e. The van der Waals surface area contributed by atoms with Gasteiger partial charge in [-0.2, -0.15) is 0 Å². The third kappa shape index (κ3) is 3.62. The lowest BCUT2D eigenvalue weighted by molar-refractivity contribution is -0.277. The first-order chi connectivity index (χ1) is 9.30. The summed E-state index contributed by atoms with van der Waals surface area (Å²) >= 11 is 5.89. The Kier molecular flexibility index (Phi) is 5.49. The van der Waals surface area contributed by atoms with Crippen molar-refractivity contribution in [3.63, 3.8) is 0 Å². The van der Waals surface area contributed by atoms with Crippen molar-refractivity contribution in [3.8, 4) is 5.75 Å². The summed E-state index contributed by atoms with van der Waals surface area (Å²) in [6.45, 7) is 4.25. The van der Waals surface area contributed by atoms with E-state index >= 15 is 0 Å². The maximum Gasteiger partial charge on any atom is 0.195 e. The van der Waals surface area contributed by atoms with E-state index in [1.165, 1.54) is 0 Å². The van der Waals surface area contributed by atoms with Crippen LogP contribution in [0.1, 0.15) is 31.7 Å². The zero-order valence-corrected chi connectivity index (χ0v) is 12.1. The average molecular weight is 285 g/mol. The van der Waals surface area contributed by atoms with E-state index < -0.39 is 5.79 Å². The smallest absolute Gasteiger partial charge is 0.195 e. The summed E-state index contributed by atoms with van der Waals surface area (Å²) in [7, 11) is 0. The van der Waals surface area contributed by atoms with Crippen LogP contribution >= 0.6 is 11.6 Å². The fraction of sp³-hybridized carbons (Fsp3) is 0.600. The van der Waals surface area contributed by atoms with Crippen molar-refractivity contribution in [2.75, 3.05) is 25.7 Å². The number of benzene rings is 1. The van der Waals surface area contributed by atoms with Crippen LogP contribution in [-0.4, -0.2) is 25.7 Å². The number of hydrogen-bond donors (Lipinski definition) is 0. The summed E-state index contributed by atoms with van der Waals surface area (Å²) in [5.74, 6) is 0.708. The molecule has 0 amide bonds. The molecule has 1 aromatic carbocycles. The Labute approximate surface area is 119 Å². The van der Waals surface area contributed by atoms with Gasteiger partial charge in [-0.1, -0.05) is 6.92 Å². The lowest BCUT2D eigenvalue weighted by Crippen LogP contribution is -2.38. The normalized spacial score (nSPS) is 18.2. The Morgan fingerprint density at radius 2 is 1.89 bits per heavy atom. The van der Waals surface area contributed by atoms with E-state index in [1.54, 1.807) is 0 Å². The zero-order valence-electron chi connectivity index (χ0n) is 11.4. The first-order valence-corrected chi connectivity index (χ1v) is 7.41. The van der Waals surface area contributed by atoms with Crippen molar-refractivity contribution in [1.82, 2.24) is 0 Å². The van der Waals surface area contributed by atoms with E-state index in [0.29, 0.717) is 25.5 Å². The molecule has 1 aliphatic rings. The molecule has 1 aromatic rings. The van der Waals surface area contributed by atoms with E-state index in [4.69, 9.17) is 25.8 Å². The van der Waals surface area contributed by atoms with E-state index in [0.717, 1.165) is 30.8 Å². The van der Waals surface area contributed by atoms with Crippen LogP contribution in [0.25, 0.3) is 0 Å². The highest BCUT2D eigenvalue weighted by atomic mass is 35.5. The van der Waals surface area contributed by atoms with Crippen LogP contribution in [0, 0.1) is 0 Å². The molecule has 0 radical (unpaired) electrons. The molecule has 1 saturated heterocycles. The first-order valence-electron chi connectivity index (χ1n) is 6.88. The highest BCUT2D eigenvalue weighted by Crippen LogP contribution is 2.35. The third-order valence-electron chi connectivity index (χ3n) is 3.15. The standard InChI is InChI=1S/C15H21ClO3/c1-2-10-17-14-6-4-13(5-7-14)15(8-9-16)18-11-3-12-19-15/h4-7H,2-3,8-12H2,1H3. The van der Waals surface area contributed by atoms with Crippen molar-refractivity contribution in [2.24, 2.45) is 0 Å². The number of alkyl halides is 1. The Balaban J connectivity index is 2.12. The van der Waals surface area contributed by atoms with Gasteiger partial charge in [-0.05, 0) is 37.1 Å². The Morgan fingerprint density at radius 3 is 2.47 bits per heavy atom. The fourth-order valence-corrected chi connectivity index (χ4v) is 2.43. The van der Waals surface area contributed by atoms with Crippen molar-refractivity contribution >= 4 is 11.6 Å². The summed E-state index contributed by atoms with van der Waals surface area (Å²) in [4.78, 5) is 0. The third-order valence-corrected chi connectivity index (χ3v) is 3.34. The van der Waals surface area contributed by atoms with Gasteiger partial charge in [-0.3, -0.25) is 0 Å². The topological polar surface area (TPSA) is 27.7 Å². The summed E-state index contributed by atoms with van der Waals surface area (Å²) in [5, 5.41) is 0. The highest BCUT2D eigenvalue weighted by molar-refractivity contribution is 6.17. The summed E-state index contributed by atoms with van der Waals surface area (Å²) in [5.41, 5.74) is 1.01. The number of hydrogen-bond acceptors (Lipinski definition) is 3. The van der Waals surface area contributed by atoms with Gasteiger partial charge >= 0.3 is 0 Å². The van der Waals surface area contributed by atoms with Crippen molar-refractivity contribution < 1.29 is 14.2 Å². The summed E-state index contributed by atoms with van der Waals surface area (Å²) in [6, 6.07) is 7.93. The van der Waals surface area contributed by atoms with E-state index in [-0.39, 0.29) is 0 Å². The lowest BCUT2D eigenvalue weighted by Gasteiger charge is -2.37. The van der Waals surface area contributed by atoms with Crippen molar-refractivity contribution in [3.05, 3.63) is 29.8 Å². The highest BCUT2D eigenvalue weighted by Gasteiger charge is 2.36. The molecule has 0 bridgehead atoms. The first kappa shape index (κ1) is 14.6. The minimum atomic E-state index is -0.677. The molecule has 0 unspecified atom stereocenters. The lowest BCUT2D eigenvalue weighted by atomic mass is 10.0. The Morgan fingerprint density at radius 1 is 1.21 bits per heavy atom. The van der Waals surface area contributed by atoms with Gasteiger partial charge in [-0.15, -0.1) is 11.6 Å². The van der Waals surface area contributed by atoms with Gasteiger partial charge in [0.05, 0.1) is 19.8 Å². The SMILES string of the molecule is CCCOc1ccc(C2(CCCl)OCCCO2)cc1. The molecule has 0 saturated carbocycles. The Hall–Kier alpha value is -0.770. The molecule has 0 N–H and O–H groups in total. The maximum absolute atomic E-state index is 5.89. The molecule has 1 fully saturated rings. The zero-order chi connectivity index (χ0) is 13.6. The molecule has 3 nitrogen and oxygen atoms in total. The quantitative estimate of drug-likeness (QED) is 0.746. The van der Waals surface area contributed by atoms with Crippen LogP contribution in [0.3, 0.4) is 0 Å². The monoisotopic (exact) mass is 284 g/mol. The fourth-order valence-electron chi connectivity index (χ4n) is 2.18. The van der Waals surface area contributed by atoms with E-state index in [9.17, 15) is 0 Å². The summed E-state index contributed by atoms with van der Waals surface area (Å²) < 4.78 is 17.3. The molecular formula is C15H21ClO3.